The summed E-state index contributed by atoms with van der Waals surface area (Å²) in [5, 5.41) is 2.93. The molecule has 0 aromatic heterocycles. The molecule has 0 radical (unpaired) electrons. The zero-order chi connectivity index (χ0) is 13.0. The molecule has 2 aliphatic rings. The van der Waals surface area contributed by atoms with Crippen molar-refractivity contribution in [1.82, 2.24) is 10.2 Å². The number of sulfone groups is 1. The summed E-state index contributed by atoms with van der Waals surface area (Å²) >= 11 is 0. The first kappa shape index (κ1) is 16.7. The second kappa shape index (κ2) is 7.45. The number of hydrogen-bond acceptors (Lipinski definition) is 4. The molecule has 1 N–H and O–H groups in total. The van der Waals surface area contributed by atoms with Gasteiger partial charge >= 0.3 is 0 Å². The van der Waals surface area contributed by atoms with E-state index in [9.17, 15) is 13.2 Å². The summed E-state index contributed by atoms with van der Waals surface area (Å²) < 4.78 is 24.2. The maximum Gasteiger partial charge on any atom is 0.237 e. The first-order chi connectivity index (χ1) is 8.59. The molecule has 1 saturated heterocycles. The molecule has 5 nitrogen and oxygen atoms in total. The summed E-state index contributed by atoms with van der Waals surface area (Å²) in [5.41, 5.74) is 0. The Bertz CT molecular complexity index is 386. The Morgan fingerprint density at radius 1 is 1.11 bits per heavy atom. The Balaban J connectivity index is 0.00000180. The summed E-state index contributed by atoms with van der Waals surface area (Å²) in [6.07, 6.45) is 4.32. The van der Waals surface area contributed by atoms with E-state index in [0.717, 1.165) is 45.2 Å². The van der Waals surface area contributed by atoms with Gasteiger partial charge in [-0.15, -0.1) is 12.4 Å². The van der Waals surface area contributed by atoms with E-state index in [1.165, 1.54) is 0 Å². The molecule has 0 bridgehead atoms. The van der Waals surface area contributed by atoms with E-state index < -0.39 is 9.84 Å². The quantitative estimate of drug-likeness (QED) is 0.828. The van der Waals surface area contributed by atoms with Gasteiger partial charge in [-0.05, 0) is 25.8 Å². The maximum atomic E-state index is 12.1. The van der Waals surface area contributed by atoms with Gasteiger partial charge in [-0.3, -0.25) is 4.79 Å². The van der Waals surface area contributed by atoms with Gasteiger partial charge in [0.2, 0.25) is 5.91 Å². The zero-order valence-electron chi connectivity index (χ0n) is 11.1. The van der Waals surface area contributed by atoms with E-state index in [2.05, 4.69) is 5.32 Å². The molecule has 1 heterocycles. The molecule has 1 amide bonds. The fourth-order valence-corrected chi connectivity index (χ4v) is 4.54. The minimum Gasteiger partial charge on any atom is -0.340 e. The smallest absolute Gasteiger partial charge is 0.237 e. The van der Waals surface area contributed by atoms with Gasteiger partial charge in [0.1, 0.15) is 5.75 Å². The topological polar surface area (TPSA) is 66.5 Å². The average molecular weight is 311 g/mol. The molecule has 2 fully saturated rings. The number of rotatable bonds is 3. The third-order valence-corrected chi connectivity index (χ3v) is 5.96. The standard InChI is InChI=1S/C12H22N2O3S.ClH/c15-12(14-8-3-6-13-7-9-14)10-18(16,17)11-4-1-2-5-11;/h11,13H,1-10H2;1H. The van der Waals surface area contributed by atoms with Gasteiger partial charge in [0, 0.05) is 19.6 Å². The summed E-state index contributed by atoms with van der Waals surface area (Å²) in [7, 11) is -3.23. The lowest BCUT2D eigenvalue weighted by atomic mass is 10.4. The van der Waals surface area contributed by atoms with Gasteiger partial charge < -0.3 is 10.2 Å². The van der Waals surface area contributed by atoms with Gasteiger partial charge in [0.25, 0.3) is 0 Å². The largest absolute Gasteiger partial charge is 0.340 e. The highest BCUT2D eigenvalue weighted by atomic mass is 35.5. The van der Waals surface area contributed by atoms with Crippen LogP contribution < -0.4 is 5.32 Å². The van der Waals surface area contributed by atoms with Crippen LogP contribution in [0.3, 0.4) is 0 Å². The lowest BCUT2D eigenvalue weighted by molar-refractivity contribution is -0.128. The van der Waals surface area contributed by atoms with Crippen molar-refractivity contribution in [3.05, 3.63) is 0 Å². The number of amides is 1. The van der Waals surface area contributed by atoms with Crippen molar-refractivity contribution in [1.29, 1.82) is 0 Å². The molecule has 1 aliphatic heterocycles. The molecular weight excluding hydrogens is 288 g/mol. The molecule has 19 heavy (non-hydrogen) atoms. The Labute approximate surface area is 121 Å². The first-order valence-corrected chi connectivity index (χ1v) is 8.51. The van der Waals surface area contributed by atoms with Crippen LogP contribution in [0.4, 0.5) is 0 Å². The van der Waals surface area contributed by atoms with Crippen LogP contribution in [0.5, 0.6) is 0 Å². The van der Waals surface area contributed by atoms with Gasteiger partial charge in [0.05, 0.1) is 5.25 Å². The highest BCUT2D eigenvalue weighted by molar-refractivity contribution is 7.92. The van der Waals surface area contributed by atoms with Gasteiger partial charge in [0.15, 0.2) is 9.84 Å². The maximum absolute atomic E-state index is 12.1. The number of halogens is 1. The number of nitrogens with one attached hydrogen (secondary N) is 1. The molecule has 0 aromatic carbocycles. The monoisotopic (exact) mass is 310 g/mol. The lowest BCUT2D eigenvalue weighted by Gasteiger charge is -2.21. The number of nitrogens with zero attached hydrogens (tertiary/aromatic N) is 1. The Kier molecular flexibility index (Phi) is 6.56. The fourth-order valence-electron chi connectivity index (χ4n) is 2.72. The first-order valence-electron chi connectivity index (χ1n) is 6.80. The third kappa shape index (κ3) is 4.61. The summed E-state index contributed by atoms with van der Waals surface area (Å²) in [6, 6.07) is 0. The van der Waals surface area contributed by atoms with Crippen LogP contribution in [0.2, 0.25) is 0 Å². The van der Waals surface area contributed by atoms with Crippen molar-refractivity contribution in [3.8, 4) is 0 Å². The van der Waals surface area contributed by atoms with Gasteiger partial charge in [-0.1, -0.05) is 12.8 Å². The number of carbonyl (C=O) groups excluding carboxylic acids is 1. The fraction of sp³-hybridized carbons (Fsp3) is 0.917. The van der Waals surface area contributed by atoms with Crippen molar-refractivity contribution in [3.63, 3.8) is 0 Å². The van der Waals surface area contributed by atoms with Crippen molar-refractivity contribution < 1.29 is 13.2 Å². The summed E-state index contributed by atoms with van der Waals surface area (Å²) in [5.74, 6) is -0.511. The van der Waals surface area contributed by atoms with Crippen molar-refractivity contribution in [2.24, 2.45) is 0 Å². The van der Waals surface area contributed by atoms with E-state index in [4.69, 9.17) is 0 Å². The Morgan fingerprint density at radius 2 is 1.79 bits per heavy atom. The molecule has 0 atom stereocenters. The molecule has 0 unspecified atom stereocenters. The normalized spacial score (nSPS) is 21.8. The predicted octanol–water partition coefficient (Wildman–Crippen LogP) is 0.587. The lowest BCUT2D eigenvalue weighted by Crippen LogP contribution is -2.39. The van der Waals surface area contributed by atoms with E-state index >= 15 is 0 Å². The molecular formula is C12H23ClN2O3S. The zero-order valence-corrected chi connectivity index (χ0v) is 12.8. The van der Waals surface area contributed by atoms with Crippen LogP contribution in [0, 0.1) is 0 Å². The Morgan fingerprint density at radius 3 is 2.47 bits per heavy atom. The molecule has 0 aromatic rings. The second-order valence-electron chi connectivity index (χ2n) is 5.20. The molecule has 1 aliphatic carbocycles. The van der Waals surface area contributed by atoms with Gasteiger partial charge in [-0.25, -0.2) is 8.42 Å². The third-order valence-electron chi connectivity index (χ3n) is 3.83. The molecule has 2 rings (SSSR count). The van der Waals surface area contributed by atoms with E-state index in [0.29, 0.717) is 13.1 Å². The molecule has 1 saturated carbocycles. The van der Waals surface area contributed by atoms with Crippen LogP contribution in [-0.4, -0.2) is 56.4 Å². The molecule has 112 valence electrons. The van der Waals surface area contributed by atoms with Crippen molar-refractivity contribution >= 4 is 28.2 Å². The van der Waals surface area contributed by atoms with E-state index in [-0.39, 0.29) is 29.3 Å². The van der Waals surface area contributed by atoms with Crippen LogP contribution in [0.15, 0.2) is 0 Å². The average Bonchev–Trinajstić information content (AvgIpc) is 2.72. The highest BCUT2D eigenvalue weighted by Gasteiger charge is 2.32. The van der Waals surface area contributed by atoms with Crippen LogP contribution >= 0.6 is 12.4 Å². The van der Waals surface area contributed by atoms with Gasteiger partial charge in [-0.2, -0.15) is 0 Å². The molecule has 7 heteroatoms. The van der Waals surface area contributed by atoms with Crippen LogP contribution in [0.1, 0.15) is 32.1 Å². The van der Waals surface area contributed by atoms with Crippen LogP contribution in [0.25, 0.3) is 0 Å². The Hall–Kier alpha value is -0.330. The second-order valence-corrected chi connectivity index (χ2v) is 7.48. The van der Waals surface area contributed by atoms with E-state index in [1.807, 2.05) is 0 Å². The minimum atomic E-state index is -3.23. The van der Waals surface area contributed by atoms with E-state index in [1.54, 1.807) is 4.90 Å². The van der Waals surface area contributed by atoms with Crippen molar-refractivity contribution in [2.45, 2.75) is 37.4 Å². The SMILES string of the molecule is Cl.O=C(CS(=O)(=O)C1CCCC1)N1CCCNCC1. The van der Waals surface area contributed by atoms with Crippen molar-refractivity contribution in [2.75, 3.05) is 31.9 Å². The number of hydrogen-bond donors (Lipinski definition) is 1. The molecule has 0 spiro atoms. The minimum absolute atomic E-state index is 0. The predicted molar refractivity (Wildman–Crippen MR) is 77.4 cm³/mol. The van der Waals surface area contributed by atoms with Crippen LogP contribution in [-0.2, 0) is 14.6 Å². The summed E-state index contributed by atoms with van der Waals surface area (Å²) in [4.78, 5) is 13.7. The highest BCUT2D eigenvalue weighted by Crippen LogP contribution is 2.25. The summed E-state index contributed by atoms with van der Waals surface area (Å²) in [6.45, 7) is 2.96. The number of carbonyl (C=O) groups is 1.